The summed E-state index contributed by atoms with van der Waals surface area (Å²) >= 11 is 3.42. The maximum atomic E-state index is 12.0. The topological polar surface area (TPSA) is 38.3 Å². The van der Waals surface area contributed by atoms with Gasteiger partial charge in [0, 0.05) is 23.2 Å². The Balaban J connectivity index is 1.80. The van der Waals surface area contributed by atoms with Crippen LogP contribution in [0.4, 0.5) is 5.69 Å². The third-order valence-corrected chi connectivity index (χ3v) is 4.04. The minimum Gasteiger partial charge on any atom is -0.378 e. The van der Waals surface area contributed by atoms with E-state index in [0.717, 1.165) is 35.2 Å². The number of halogens is 1. The molecule has 4 heteroatoms. The number of rotatable bonds is 5. The van der Waals surface area contributed by atoms with Crippen molar-refractivity contribution >= 4 is 27.5 Å². The minimum absolute atomic E-state index is 0.0983. The normalized spacial score (nSPS) is 21.8. The first kappa shape index (κ1) is 14.5. The van der Waals surface area contributed by atoms with Gasteiger partial charge in [-0.2, -0.15) is 0 Å². The van der Waals surface area contributed by atoms with Gasteiger partial charge in [0.1, 0.15) is 0 Å². The summed E-state index contributed by atoms with van der Waals surface area (Å²) < 4.78 is 6.48. The third-order valence-electron chi connectivity index (χ3n) is 3.54. The fraction of sp³-hybridized carbons (Fsp3) is 0.533. The number of carbonyl (C=O) groups is 1. The van der Waals surface area contributed by atoms with Gasteiger partial charge in [0.05, 0.1) is 6.10 Å². The van der Waals surface area contributed by atoms with Crippen molar-refractivity contribution in [1.82, 2.24) is 0 Å². The van der Waals surface area contributed by atoms with Gasteiger partial charge < -0.3 is 10.1 Å². The third kappa shape index (κ3) is 4.05. The molecule has 1 fully saturated rings. The molecule has 0 aromatic heterocycles. The molecule has 0 bridgehead atoms. The van der Waals surface area contributed by atoms with E-state index < -0.39 is 0 Å². The van der Waals surface area contributed by atoms with Crippen LogP contribution in [0, 0.1) is 12.8 Å². The van der Waals surface area contributed by atoms with Crippen molar-refractivity contribution in [1.29, 1.82) is 0 Å². The number of hydrogen-bond acceptors (Lipinski definition) is 2. The van der Waals surface area contributed by atoms with Crippen molar-refractivity contribution in [2.45, 2.75) is 39.2 Å². The maximum Gasteiger partial charge on any atom is 0.224 e. The molecule has 1 aromatic carbocycles. The van der Waals surface area contributed by atoms with E-state index in [1.165, 1.54) is 0 Å². The summed E-state index contributed by atoms with van der Waals surface area (Å²) in [5, 5.41) is 2.99. The number of nitrogens with one attached hydrogen (secondary N) is 1. The van der Waals surface area contributed by atoms with Crippen LogP contribution in [0.2, 0.25) is 0 Å². The SMILES string of the molecule is CCOC1CC(CC(=O)Nc2cc(Br)ccc2C)C1. The van der Waals surface area contributed by atoms with Crippen LogP contribution in [0.15, 0.2) is 22.7 Å². The van der Waals surface area contributed by atoms with Gasteiger partial charge in [-0.25, -0.2) is 0 Å². The van der Waals surface area contributed by atoms with Crippen LogP contribution in [-0.2, 0) is 9.53 Å². The lowest BCUT2D eigenvalue weighted by Crippen LogP contribution is -2.33. The maximum absolute atomic E-state index is 12.0. The molecule has 1 aliphatic carbocycles. The Hall–Kier alpha value is -0.870. The molecular weight excluding hydrogens is 306 g/mol. The Kier molecular flexibility index (Phi) is 4.99. The van der Waals surface area contributed by atoms with E-state index in [1.807, 2.05) is 32.0 Å². The van der Waals surface area contributed by atoms with Crippen molar-refractivity contribution in [3.05, 3.63) is 28.2 Å². The zero-order valence-electron chi connectivity index (χ0n) is 11.4. The molecule has 1 aliphatic rings. The highest BCUT2D eigenvalue weighted by atomic mass is 79.9. The van der Waals surface area contributed by atoms with E-state index in [2.05, 4.69) is 21.2 Å². The molecule has 104 valence electrons. The highest BCUT2D eigenvalue weighted by molar-refractivity contribution is 9.10. The molecule has 0 atom stereocenters. The largest absolute Gasteiger partial charge is 0.378 e. The quantitative estimate of drug-likeness (QED) is 0.891. The summed E-state index contributed by atoms with van der Waals surface area (Å²) in [5.41, 5.74) is 1.97. The molecule has 19 heavy (non-hydrogen) atoms. The summed E-state index contributed by atoms with van der Waals surface area (Å²) in [4.78, 5) is 12.0. The lowest BCUT2D eigenvalue weighted by Gasteiger charge is -2.34. The molecule has 0 aliphatic heterocycles. The summed E-state index contributed by atoms with van der Waals surface area (Å²) in [6.45, 7) is 4.77. The molecule has 0 radical (unpaired) electrons. The number of benzene rings is 1. The monoisotopic (exact) mass is 325 g/mol. The molecule has 1 amide bonds. The second-order valence-electron chi connectivity index (χ2n) is 5.13. The van der Waals surface area contributed by atoms with Crippen LogP contribution in [0.25, 0.3) is 0 Å². The molecule has 0 saturated heterocycles. The van der Waals surface area contributed by atoms with E-state index in [1.54, 1.807) is 0 Å². The summed E-state index contributed by atoms with van der Waals surface area (Å²) in [6.07, 6.45) is 2.99. The highest BCUT2D eigenvalue weighted by Crippen LogP contribution is 2.33. The Morgan fingerprint density at radius 2 is 2.21 bits per heavy atom. The fourth-order valence-corrected chi connectivity index (χ4v) is 2.77. The number of amides is 1. The van der Waals surface area contributed by atoms with E-state index in [0.29, 0.717) is 18.4 Å². The van der Waals surface area contributed by atoms with Crippen molar-refractivity contribution < 1.29 is 9.53 Å². The predicted molar refractivity (Wildman–Crippen MR) is 80.3 cm³/mol. The average Bonchev–Trinajstić information content (AvgIpc) is 2.31. The average molecular weight is 326 g/mol. The molecule has 0 unspecified atom stereocenters. The van der Waals surface area contributed by atoms with Crippen molar-refractivity contribution in [3.8, 4) is 0 Å². The Morgan fingerprint density at radius 3 is 2.89 bits per heavy atom. The van der Waals surface area contributed by atoms with Crippen molar-refractivity contribution in [2.75, 3.05) is 11.9 Å². The van der Waals surface area contributed by atoms with Gasteiger partial charge in [0.25, 0.3) is 0 Å². The summed E-state index contributed by atoms with van der Waals surface area (Å²) in [5.74, 6) is 0.574. The lowest BCUT2D eigenvalue weighted by molar-refractivity contribution is -0.119. The van der Waals surface area contributed by atoms with E-state index >= 15 is 0 Å². The standard InChI is InChI=1S/C15H20BrNO2/c1-3-19-13-6-11(7-13)8-15(18)17-14-9-12(16)5-4-10(14)2/h4-5,9,11,13H,3,6-8H2,1-2H3,(H,17,18). The van der Waals surface area contributed by atoms with E-state index in [4.69, 9.17) is 4.74 Å². The van der Waals surface area contributed by atoms with Crippen molar-refractivity contribution in [2.24, 2.45) is 5.92 Å². The van der Waals surface area contributed by atoms with E-state index in [9.17, 15) is 4.79 Å². The first-order valence-corrected chi connectivity index (χ1v) is 7.55. The molecule has 3 nitrogen and oxygen atoms in total. The van der Waals surface area contributed by atoms with Gasteiger partial charge in [0.15, 0.2) is 0 Å². The van der Waals surface area contributed by atoms with Crippen LogP contribution in [0.5, 0.6) is 0 Å². The Labute approximate surface area is 122 Å². The zero-order chi connectivity index (χ0) is 13.8. The molecule has 1 aromatic rings. The lowest BCUT2D eigenvalue weighted by atomic mass is 9.80. The second-order valence-corrected chi connectivity index (χ2v) is 6.04. The second kappa shape index (κ2) is 6.53. The Bertz CT molecular complexity index is 455. The molecule has 1 saturated carbocycles. The molecule has 1 N–H and O–H groups in total. The van der Waals surface area contributed by atoms with Crippen LogP contribution in [0.1, 0.15) is 31.7 Å². The van der Waals surface area contributed by atoms with Crippen LogP contribution in [0.3, 0.4) is 0 Å². The van der Waals surface area contributed by atoms with E-state index in [-0.39, 0.29) is 5.91 Å². The molecule has 0 spiro atoms. The van der Waals surface area contributed by atoms with Gasteiger partial charge in [-0.1, -0.05) is 22.0 Å². The summed E-state index contributed by atoms with van der Waals surface area (Å²) in [7, 11) is 0. The number of aryl methyl sites for hydroxylation is 1. The van der Waals surface area contributed by atoms with Crippen molar-refractivity contribution in [3.63, 3.8) is 0 Å². The van der Waals surface area contributed by atoms with Gasteiger partial charge in [-0.05, 0) is 50.3 Å². The highest BCUT2D eigenvalue weighted by Gasteiger charge is 2.31. The number of anilines is 1. The smallest absolute Gasteiger partial charge is 0.224 e. The Morgan fingerprint density at radius 1 is 1.47 bits per heavy atom. The molecular formula is C15H20BrNO2. The fourth-order valence-electron chi connectivity index (χ4n) is 2.41. The number of ether oxygens (including phenoxy) is 1. The van der Waals surface area contributed by atoms with Gasteiger partial charge >= 0.3 is 0 Å². The molecule has 2 rings (SSSR count). The first-order valence-electron chi connectivity index (χ1n) is 6.76. The predicted octanol–water partition coefficient (Wildman–Crippen LogP) is 3.90. The van der Waals surface area contributed by atoms with Crippen LogP contribution >= 0.6 is 15.9 Å². The van der Waals surface area contributed by atoms with Gasteiger partial charge in [0.2, 0.25) is 5.91 Å². The first-order chi connectivity index (χ1) is 9.08. The zero-order valence-corrected chi connectivity index (χ0v) is 13.0. The minimum atomic E-state index is 0.0983. The summed E-state index contributed by atoms with van der Waals surface area (Å²) in [6, 6.07) is 5.91. The molecule has 0 heterocycles. The number of carbonyl (C=O) groups excluding carboxylic acids is 1. The van der Waals surface area contributed by atoms with Crippen LogP contribution in [-0.4, -0.2) is 18.6 Å². The van der Waals surface area contributed by atoms with Gasteiger partial charge in [-0.15, -0.1) is 0 Å². The number of hydrogen-bond donors (Lipinski definition) is 1. The van der Waals surface area contributed by atoms with Crippen LogP contribution < -0.4 is 5.32 Å². The van der Waals surface area contributed by atoms with Gasteiger partial charge in [-0.3, -0.25) is 4.79 Å².